The lowest BCUT2D eigenvalue weighted by Gasteiger charge is -2.41. The first-order valence-electron chi connectivity index (χ1n) is 7.82. The molecule has 0 aliphatic carbocycles. The average molecular weight is 268 g/mol. The number of ether oxygens (including phenoxy) is 1. The summed E-state index contributed by atoms with van der Waals surface area (Å²) in [5.74, 6) is 0.298. The van der Waals surface area contributed by atoms with E-state index in [1.807, 2.05) is 0 Å². The first-order valence-corrected chi connectivity index (χ1v) is 7.82. The molecule has 0 aromatic heterocycles. The van der Waals surface area contributed by atoms with Gasteiger partial charge in [-0.05, 0) is 32.1 Å². The predicted octanol–water partition coefficient (Wildman–Crippen LogP) is 1.92. The highest BCUT2D eigenvalue weighted by atomic mass is 16.5. The smallest absolute Gasteiger partial charge is 0.230 e. The number of carbonyl (C=O) groups is 1. The molecule has 0 aromatic rings. The number of hydrogen-bond acceptors (Lipinski definition) is 3. The van der Waals surface area contributed by atoms with Gasteiger partial charge in [0.25, 0.3) is 0 Å². The average Bonchev–Trinajstić information content (AvgIpc) is 2.72. The molecular formula is C15H28N2O2. The van der Waals surface area contributed by atoms with Crippen molar-refractivity contribution < 1.29 is 9.53 Å². The van der Waals surface area contributed by atoms with Crippen LogP contribution in [-0.2, 0) is 9.53 Å². The summed E-state index contributed by atoms with van der Waals surface area (Å²) < 4.78 is 5.42. The lowest BCUT2D eigenvalue weighted by Crippen LogP contribution is -2.53. The molecule has 0 aromatic carbocycles. The molecule has 2 aliphatic heterocycles. The van der Waals surface area contributed by atoms with Crippen molar-refractivity contribution >= 4 is 5.91 Å². The summed E-state index contributed by atoms with van der Waals surface area (Å²) in [4.78, 5) is 15.2. The zero-order chi connectivity index (χ0) is 13.7. The summed E-state index contributed by atoms with van der Waals surface area (Å²) in [5, 5.41) is 0. The molecule has 0 radical (unpaired) electrons. The third-order valence-corrected chi connectivity index (χ3v) is 4.90. The van der Waals surface area contributed by atoms with E-state index < -0.39 is 0 Å². The van der Waals surface area contributed by atoms with Gasteiger partial charge in [0.15, 0.2) is 0 Å². The molecule has 4 heteroatoms. The molecule has 2 fully saturated rings. The third-order valence-electron chi connectivity index (χ3n) is 4.90. The summed E-state index contributed by atoms with van der Waals surface area (Å²) in [5.41, 5.74) is 5.62. The van der Waals surface area contributed by atoms with Crippen LogP contribution < -0.4 is 5.73 Å². The Bertz CT molecular complexity index is 301. The van der Waals surface area contributed by atoms with Gasteiger partial charge in [-0.15, -0.1) is 0 Å². The van der Waals surface area contributed by atoms with Gasteiger partial charge >= 0.3 is 0 Å². The monoisotopic (exact) mass is 268 g/mol. The van der Waals surface area contributed by atoms with Crippen LogP contribution in [0.4, 0.5) is 0 Å². The van der Waals surface area contributed by atoms with Gasteiger partial charge in [0, 0.05) is 32.3 Å². The van der Waals surface area contributed by atoms with Crippen LogP contribution in [0.25, 0.3) is 0 Å². The highest BCUT2D eigenvalue weighted by molar-refractivity contribution is 5.83. The highest BCUT2D eigenvalue weighted by Gasteiger charge is 2.42. The van der Waals surface area contributed by atoms with Crippen molar-refractivity contribution in [2.45, 2.75) is 57.9 Å². The first-order chi connectivity index (χ1) is 9.23. The summed E-state index contributed by atoms with van der Waals surface area (Å²) in [7, 11) is 0. The Kier molecular flexibility index (Phi) is 5.22. The van der Waals surface area contributed by atoms with Gasteiger partial charge in [0.05, 0.1) is 5.41 Å². The van der Waals surface area contributed by atoms with Crippen LogP contribution in [0.15, 0.2) is 0 Å². The first kappa shape index (κ1) is 14.8. The molecule has 2 N–H and O–H groups in total. The van der Waals surface area contributed by atoms with Crippen LogP contribution in [0.5, 0.6) is 0 Å². The van der Waals surface area contributed by atoms with Crippen LogP contribution in [-0.4, -0.2) is 43.2 Å². The van der Waals surface area contributed by atoms with Gasteiger partial charge in [-0.2, -0.15) is 0 Å². The van der Waals surface area contributed by atoms with Crippen LogP contribution in [0.1, 0.15) is 51.9 Å². The van der Waals surface area contributed by atoms with E-state index in [1.165, 1.54) is 12.8 Å². The number of carbonyl (C=O) groups excluding carboxylic acids is 1. The minimum atomic E-state index is -0.351. The molecule has 0 bridgehead atoms. The van der Waals surface area contributed by atoms with E-state index in [9.17, 15) is 4.79 Å². The summed E-state index contributed by atoms with van der Waals surface area (Å²) in [6, 6.07) is 0.418. The quantitative estimate of drug-likeness (QED) is 0.851. The van der Waals surface area contributed by atoms with E-state index in [-0.39, 0.29) is 5.41 Å². The number of nitrogens with two attached hydrogens (primary N) is 1. The Morgan fingerprint density at radius 1 is 1.32 bits per heavy atom. The molecule has 2 rings (SSSR count). The van der Waals surface area contributed by atoms with Crippen LogP contribution in [0, 0.1) is 5.41 Å². The minimum absolute atomic E-state index is 0.298. The van der Waals surface area contributed by atoms with E-state index in [1.54, 1.807) is 0 Å². The number of likely N-dealkylation sites (tertiary alicyclic amines) is 1. The summed E-state index contributed by atoms with van der Waals surface area (Å²) in [6.07, 6.45) is 7.42. The molecule has 2 aliphatic rings. The maximum atomic E-state index is 13.0. The van der Waals surface area contributed by atoms with Gasteiger partial charge in [-0.25, -0.2) is 0 Å². The molecule has 1 atom stereocenters. The van der Waals surface area contributed by atoms with E-state index in [2.05, 4.69) is 11.8 Å². The molecular weight excluding hydrogens is 240 g/mol. The van der Waals surface area contributed by atoms with Gasteiger partial charge in [-0.3, -0.25) is 4.79 Å². The maximum Gasteiger partial charge on any atom is 0.230 e. The SMILES string of the molecule is CCC1CCCCCN1C(=O)C1(CN)CCOCC1. The fourth-order valence-corrected chi connectivity index (χ4v) is 3.44. The summed E-state index contributed by atoms with van der Waals surface area (Å²) in [6.45, 7) is 4.92. The van der Waals surface area contributed by atoms with Crippen LogP contribution in [0.3, 0.4) is 0 Å². The molecule has 19 heavy (non-hydrogen) atoms. The van der Waals surface area contributed by atoms with E-state index in [0.29, 0.717) is 31.7 Å². The van der Waals surface area contributed by atoms with Crippen molar-refractivity contribution in [3.8, 4) is 0 Å². The van der Waals surface area contributed by atoms with Crippen molar-refractivity contribution in [2.75, 3.05) is 26.3 Å². The molecule has 2 saturated heterocycles. The molecule has 1 amide bonds. The predicted molar refractivity (Wildman–Crippen MR) is 75.8 cm³/mol. The van der Waals surface area contributed by atoms with E-state index in [4.69, 9.17) is 10.5 Å². The molecule has 2 heterocycles. The standard InChI is InChI=1S/C15H28N2O2/c1-2-13-6-4-3-5-9-17(13)14(18)15(12-16)7-10-19-11-8-15/h13H,2-12,16H2,1H3. The maximum absolute atomic E-state index is 13.0. The van der Waals surface area contributed by atoms with Gasteiger partial charge in [-0.1, -0.05) is 19.8 Å². The fraction of sp³-hybridized carbons (Fsp3) is 0.933. The zero-order valence-corrected chi connectivity index (χ0v) is 12.2. The van der Waals surface area contributed by atoms with E-state index in [0.717, 1.165) is 38.6 Å². The lowest BCUT2D eigenvalue weighted by molar-refractivity contribution is -0.149. The third kappa shape index (κ3) is 3.11. The van der Waals surface area contributed by atoms with Crippen molar-refractivity contribution in [2.24, 2.45) is 11.1 Å². The lowest BCUT2D eigenvalue weighted by atomic mass is 9.78. The van der Waals surface area contributed by atoms with E-state index >= 15 is 0 Å². The Labute approximate surface area is 116 Å². The topological polar surface area (TPSA) is 55.6 Å². The van der Waals surface area contributed by atoms with Crippen molar-refractivity contribution in [1.82, 2.24) is 4.90 Å². The largest absolute Gasteiger partial charge is 0.381 e. The zero-order valence-electron chi connectivity index (χ0n) is 12.2. The number of rotatable bonds is 3. The number of nitrogens with zero attached hydrogens (tertiary/aromatic N) is 1. The van der Waals surface area contributed by atoms with Crippen LogP contribution >= 0.6 is 0 Å². The second-order valence-electron chi connectivity index (χ2n) is 6.01. The minimum Gasteiger partial charge on any atom is -0.381 e. The number of amides is 1. The summed E-state index contributed by atoms with van der Waals surface area (Å²) >= 11 is 0. The van der Waals surface area contributed by atoms with Crippen molar-refractivity contribution in [3.63, 3.8) is 0 Å². The van der Waals surface area contributed by atoms with Crippen molar-refractivity contribution in [3.05, 3.63) is 0 Å². The number of hydrogen-bond donors (Lipinski definition) is 1. The second-order valence-corrected chi connectivity index (χ2v) is 6.01. The van der Waals surface area contributed by atoms with Gasteiger partial charge in [0.1, 0.15) is 0 Å². The Morgan fingerprint density at radius 2 is 2.05 bits per heavy atom. The normalized spacial score (nSPS) is 27.9. The highest BCUT2D eigenvalue weighted by Crippen LogP contribution is 2.34. The molecule has 0 saturated carbocycles. The molecule has 0 spiro atoms. The fourth-order valence-electron chi connectivity index (χ4n) is 3.44. The van der Waals surface area contributed by atoms with Crippen LogP contribution in [0.2, 0.25) is 0 Å². The van der Waals surface area contributed by atoms with Gasteiger partial charge in [0.2, 0.25) is 5.91 Å². The molecule has 1 unspecified atom stereocenters. The second kappa shape index (κ2) is 6.71. The molecule has 110 valence electrons. The van der Waals surface area contributed by atoms with Gasteiger partial charge < -0.3 is 15.4 Å². The Morgan fingerprint density at radius 3 is 2.68 bits per heavy atom. The molecule has 4 nitrogen and oxygen atoms in total. The van der Waals surface area contributed by atoms with Crippen molar-refractivity contribution in [1.29, 1.82) is 0 Å². The Balaban J connectivity index is 2.14. The Hall–Kier alpha value is -0.610.